The first-order valence-electron chi connectivity index (χ1n) is 8.77. The standard InChI is InChI=1S/C20H21FN2O2/c1-2-25-18-8-4-3-6-16(18)19-22-13-5-7-17(22)20(24)23(19)15-11-9-14(21)10-12-15/h3-4,6,8-12,17,19H,2,5,7,13H2,1H3/t17-,19+/m0/s1. The molecule has 2 fully saturated rings. The summed E-state index contributed by atoms with van der Waals surface area (Å²) in [5, 5.41) is 0. The number of para-hydroxylation sites is 1. The van der Waals surface area contributed by atoms with Crippen molar-refractivity contribution >= 4 is 11.6 Å². The average Bonchev–Trinajstić information content (AvgIpc) is 3.19. The van der Waals surface area contributed by atoms with Crippen LogP contribution in [0.15, 0.2) is 48.5 Å². The van der Waals surface area contributed by atoms with Gasteiger partial charge in [-0.25, -0.2) is 4.39 Å². The maximum absolute atomic E-state index is 13.4. The first-order chi connectivity index (χ1) is 12.2. The quantitative estimate of drug-likeness (QED) is 0.850. The van der Waals surface area contributed by atoms with E-state index in [0.29, 0.717) is 6.61 Å². The highest BCUT2D eigenvalue weighted by Gasteiger charge is 2.50. The van der Waals surface area contributed by atoms with Crippen molar-refractivity contribution in [2.75, 3.05) is 18.1 Å². The zero-order chi connectivity index (χ0) is 17.4. The van der Waals surface area contributed by atoms with Gasteiger partial charge < -0.3 is 4.74 Å². The number of nitrogens with zero attached hydrogens (tertiary/aromatic N) is 2. The Morgan fingerprint density at radius 2 is 1.92 bits per heavy atom. The molecular formula is C20H21FN2O2. The molecular weight excluding hydrogens is 319 g/mol. The summed E-state index contributed by atoms with van der Waals surface area (Å²) in [5.41, 5.74) is 1.70. The summed E-state index contributed by atoms with van der Waals surface area (Å²) in [6.07, 6.45) is 1.67. The predicted molar refractivity (Wildman–Crippen MR) is 94.0 cm³/mol. The lowest BCUT2D eigenvalue weighted by atomic mass is 10.1. The fraction of sp³-hybridized carbons (Fsp3) is 0.350. The van der Waals surface area contributed by atoms with Crippen LogP contribution in [0.1, 0.15) is 31.5 Å². The van der Waals surface area contributed by atoms with Crippen molar-refractivity contribution in [1.29, 1.82) is 0 Å². The maximum Gasteiger partial charge on any atom is 0.246 e. The molecule has 0 aliphatic carbocycles. The second kappa shape index (κ2) is 6.48. The number of rotatable bonds is 4. The molecule has 0 bridgehead atoms. The van der Waals surface area contributed by atoms with Crippen LogP contribution in [0, 0.1) is 5.82 Å². The van der Waals surface area contributed by atoms with Crippen LogP contribution in [0.25, 0.3) is 0 Å². The van der Waals surface area contributed by atoms with Gasteiger partial charge in [-0.15, -0.1) is 0 Å². The molecule has 2 atom stereocenters. The molecule has 25 heavy (non-hydrogen) atoms. The third-order valence-electron chi connectivity index (χ3n) is 4.98. The van der Waals surface area contributed by atoms with Crippen molar-refractivity contribution in [2.24, 2.45) is 0 Å². The number of fused-ring (bicyclic) bond motifs is 1. The van der Waals surface area contributed by atoms with Gasteiger partial charge in [0, 0.05) is 17.8 Å². The molecule has 2 saturated heterocycles. The van der Waals surface area contributed by atoms with Gasteiger partial charge >= 0.3 is 0 Å². The summed E-state index contributed by atoms with van der Waals surface area (Å²) in [6, 6.07) is 13.9. The van der Waals surface area contributed by atoms with Crippen LogP contribution in [0.2, 0.25) is 0 Å². The van der Waals surface area contributed by atoms with Crippen LogP contribution < -0.4 is 9.64 Å². The molecule has 4 rings (SSSR count). The smallest absolute Gasteiger partial charge is 0.246 e. The van der Waals surface area contributed by atoms with Crippen LogP contribution in [0.4, 0.5) is 10.1 Å². The van der Waals surface area contributed by atoms with E-state index in [9.17, 15) is 9.18 Å². The van der Waals surface area contributed by atoms with E-state index >= 15 is 0 Å². The van der Waals surface area contributed by atoms with Gasteiger partial charge in [-0.2, -0.15) is 0 Å². The van der Waals surface area contributed by atoms with Crippen molar-refractivity contribution < 1.29 is 13.9 Å². The van der Waals surface area contributed by atoms with Crippen molar-refractivity contribution in [1.82, 2.24) is 4.90 Å². The number of benzene rings is 2. The summed E-state index contributed by atoms with van der Waals surface area (Å²) in [5.74, 6) is 0.574. The summed E-state index contributed by atoms with van der Waals surface area (Å²) < 4.78 is 19.2. The highest BCUT2D eigenvalue weighted by Crippen LogP contribution is 2.44. The average molecular weight is 340 g/mol. The van der Waals surface area contributed by atoms with E-state index in [1.54, 1.807) is 17.0 Å². The number of carbonyl (C=O) groups excluding carboxylic acids is 1. The zero-order valence-corrected chi connectivity index (χ0v) is 14.2. The lowest BCUT2D eigenvalue weighted by Crippen LogP contribution is -2.32. The normalized spacial score (nSPS) is 23.1. The summed E-state index contributed by atoms with van der Waals surface area (Å²) >= 11 is 0. The van der Waals surface area contributed by atoms with Gasteiger partial charge in [-0.05, 0) is 50.1 Å². The van der Waals surface area contributed by atoms with Crippen molar-refractivity contribution in [3.8, 4) is 5.75 Å². The maximum atomic E-state index is 13.4. The van der Waals surface area contributed by atoms with Crippen LogP contribution in [-0.4, -0.2) is 30.0 Å². The number of hydrogen-bond donors (Lipinski definition) is 0. The minimum absolute atomic E-state index is 0.0837. The number of ether oxygens (including phenoxy) is 1. The van der Waals surface area contributed by atoms with Gasteiger partial charge in [0.1, 0.15) is 17.7 Å². The van der Waals surface area contributed by atoms with Crippen LogP contribution in [0.3, 0.4) is 0 Å². The second-order valence-electron chi connectivity index (χ2n) is 6.43. The van der Waals surface area contributed by atoms with Gasteiger partial charge in [0.15, 0.2) is 0 Å². The summed E-state index contributed by atoms with van der Waals surface area (Å²) in [6.45, 7) is 3.39. The number of carbonyl (C=O) groups is 1. The number of amides is 1. The van der Waals surface area contributed by atoms with E-state index in [0.717, 1.165) is 36.4 Å². The van der Waals surface area contributed by atoms with Crippen LogP contribution in [0.5, 0.6) is 5.75 Å². The largest absolute Gasteiger partial charge is 0.493 e. The highest BCUT2D eigenvalue weighted by atomic mass is 19.1. The Hall–Kier alpha value is -2.40. The molecule has 0 aromatic heterocycles. The molecule has 2 aliphatic heterocycles. The fourth-order valence-corrected chi connectivity index (χ4v) is 3.94. The molecule has 1 amide bonds. The van der Waals surface area contributed by atoms with Gasteiger partial charge in [0.05, 0.1) is 12.6 Å². The summed E-state index contributed by atoms with van der Waals surface area (Å²) in [7, 11) is 0. The second-order valence-corrected chi connectivity index (χ2v) is 6.43. The van der Waals surface area contributed by atoms with Crippen molar-refractivity contribution in [3.05, 3.63) is 59.9 Å². The molecule has 0 saturated carbocycles. The third kappa shape index (κ3) is 2.68. The van der Waals surface area contributed by atoms with E-state index < -0.39 is 0 Å². The first-order valence-corrected chi connectivity index (χ1v) is 8.77. The Labute approximate surface area is 146 Å². The minimum Gasteiger partial charge on any atom is -0.493 e. The van der Waals surface area contributed by atoms with E-state index in [-0.39, 0.29) is 23.9 Å². The Morgan fingerprint density at radius 3 is 2.68 bits per heavy atom. The first kappa shape index (κ1) is 16.1. The molecule has 2 heterocycles. The van der Waals surface area contributed by atoms with E-state index in [4.69, 9.17) is 4.74 Å². The Balaban J connectivity index is 1.81. The molecule has 2 aromatic rings. The lowest BCUT2D eigenvalue weighted by molar-refractivity contribution is -0.119. The van der Waals surface area contributed by atoms with E-state index in [1.165, 1.54) is 12.1 Å². The molecule has 0 radical (unpaired) electrons. The van der Waals surface area contributed by atoms with Crippen LogP contribution in [-0.2, 0) is 4.79 Å². The van der Waals surface area contributed by atoms with Crippen LogP contribution >= 0.6 is 0 Å². The highest BCUT2D eigenvalue weighted by molar-refractivity contribution is 6.00. The molecule has 4 nitrogen and oxygen atoms in total. The van der Waals surface area contributed by atoms with Gasteiger partial charge in [-0.1, -0.05) is 18.2 Å². The predicted octanol–water partition coefficient (Wildman–Crippen LogP) is 3.73. The molecule has 2 aromatic carbocycles. The van der Waals surface area contributed by atoms with Gasteiger partial charge in [0.2, 0.25) is 5.91 Å². The lowest BCUT2D eigenvalue weighted by Gasteiger charge is -2.31. The number of halogens is 1. The molecule has 2 aliphatic rings. The van der Waals surface area contributed by atoms with E-state index in [2.05, 4.69) is 4.90 Å². The molecule has 130 valence electrons. The fourth-order valence-electron chi connectivity index (χ4n) is 3.94. The van der Waals surface area contributed by atoms with Crippen molar-refractivity contribution in [2.45, 2.75) is 32.0 Å². The zero-order valence-electron chi connectivity index (χ0n) is 14.2. The SMILES string of the molecule is CCOc1ccccc1[C@H]1N(c2ccc(F)cc2)C(=O)[C@@H]2CCCN21. The minimum atomic E-state index is -0.304. The number of anilines is 1. The Bertz CT molecular complexity index is 778. The Morgan fingerprint density at radius 1 is 1.16 bits per heavy atom. The molecule has 5 heteroatoms. The monoisotopic (exact) mass is 340 g/mol. The third-order valence-corrected chi connectivity index (χ3v) is 4.98. The number of hydrogen-bond acceptors (Lipinski definition) is 3. The van der Waals surface area contributed by atoms with Gasteiger partial charge in [0.25, 0.3) is 0 Å². The molecule has 0 N–H and O–H groups in total. The molecule has 0 unspecified atom stereocenters. The topological polar surface area (TPSA) is 32.8 Å². The summed E-state index contributed by atoms with van der Waals surface area (Å²) in [4.78, 5) is 17.1. The van der Waals surface area contributed by atoms with Gasteiger partial charge in [-0.3, -0.25) is 14.6 Å². The van der Waals surface area contributed by atoms with E-state index in [1.807, 2.05) is 31.2 Å². The van der Waals surface area contributed by atoms with Crippen molar-refractivity contribution in [3.63, 3.8) is 0 Å². The molecule has 0 spiro atoms. The Kier molecular flexibility index (Phi) is 4.17.